The highest BCUT2D eigenvalue weighted by atomic mass is 127. The summed E-state index contributed by atoms with van der Waals surface area (Å²) in [4.78, 5) is 15.0. The Morgan fingerprint density at radius 1 is 1.10 bits per heavy atom. The Balaban J connectivity index is 3.25. The van der Waals surface area contributed by atoms with Gasteiger partial charge in [0.25, 0.3) is 5.91 Å². The van der Waals surface area contributed by atoms with Gasteiger partial charge in [-0.3, -0.25) is 4.79 Å². The Morgan fingerprint density at radius 2 is 1.60 bits per heavy atom. The summed E-state index contributed by atoms with van der Waals surface area (Å²) in [5, 5.41) is 0. The molecule has 112 valence electrons. The molecule has 0 spiro atoms. The maximum Gasteiger partial charge on any atom is 0.255 e. The SMILES string of the molecule is CCC(C)N(C(=O)c1cc(I)cc(I)c1I)C(C)CC. The lowest BCUT2D eigenvalue weighted by Crippen LogP contribution is -2.44. The van der Waals surface area contributed by atoms with Crippen LogP contribution in [0.2, 0.25) is 0 Å². The first-order valence-electron chi connectivity index (χ1n) is 6.80. The van der Waals surface area contributed by atoms with Crippen LogP contribution in [0.4, 0.5) is 0 Å². The first-order chi connectivity index (χ1) is 9.33. The molecule has 20 heavy (non-hydrogen) atoms. The molecule has 0 aliphatic carbocycles. The lowest BCUT2D eigenvalue weighted by Gasteiger charge is -2.34. The van der Waals surface area contributed by atoms with Crippen LogP contribution in [0.5, 0.6) is 0 Å². The monoisotopic (exact) mass is 611 g/mol. The van der Waals surface area contributed by atoms with E-state index in [4.69, 9.17) is 0 Å². The molecule has 0 radical (unpaired) electrons. The second kappa shape index (κ2) is 8.50. The van der Waals surface area contributed by atoms with E-state index in [0.29, 0.717) is 0 Å². The number of benzene rings is 1. The Morgan fingerprint density at radius 3 is 2.05 bits per heavy atom. The number of halogens is 3. The van der Waals surface area contributed by atoms with Crippen molar-refractivity contribution < 1.29 is 4.79 Å². The molecular formula is C15H20I3NO. The molecule has 2 atom stereocenters. The lowest BCUT2D eigenvalue weighted by molar-refractivity contribution is 0.0597. The highest BCUT2D eigenvalue weighted by molar-refractivity contribution is 14.1. The zero-order valence-corrected chi connectivity index (χ0v) is 18.7. The van der Waals surface area contributed by atoms with Crippen LogP contribution in [0.25, 0.3) is 0 Å². The average molecular weight is 611 g/mol. The van der Waals surface area contributed by atoms with E-state index in [1.807, 2.05) is 11.0 Å². The molecule has 1 rings (SSSR count). The maximum absolute atomic E-state index is 13.0. The summed E-state index contributed by atoms with van der Waals surface area (Å²) in [7, 11) is 0. The third-order valence-corrected chi connectivity index (χ3v) is 7.26. The van der Waals surface area contributed by atoms with Gasteiger partial charge in [-0.2, -0.15) is 0 Å². The number of carbonyl (C=O) groups excluding carboxylic acids is 1. The highest BCUT2D eigenvalue weighted by Gasteiger charge is 2.26. The molecule has 0 fully saturated rings. The number of hydrogen-bond acceptors (Lipinski definition) is 1. The van der Waals surface area contributed by atoms with Crippen molar-refractivity contribution in [3.8, 4) is 0 Å². The summed E-state index contributed by atoms with van der Waals surface area (Å²) in [5.41, 5.74) is 0.836. The third-order valence-electron chi connectivity index (χ3n) is 3.59. The minimum atomic E-state index is 0.162. The Bertz CT molecular complexity index is 480. The van der Waals surface area contributed by atoms with Crippen LogP contribution in [-0.2, 0) is 0 Å². The van der Waals surface area contributed by atoms with Crippen LogP contribution in [0.1, 0.15) is 50.9 Å². The van der Waals surface area contributed by atoms with Gasteiger partial charge in [-0.05, 0) is 107 Å². The summed E-state index contributed by atoms with van der Waals surface area (Å²) in [6.45, 7) is 8.54. The molecule has 0 aliphatic heterocycles. The zero-order valence-electron chi connectivity index (χ0n) is 12.2. The van der Waals surface area contributed by atoms with Crippen molar-refractivity contribution in [2.45, 2.75) is 52.6 Å². The van der Waals surface area contributed by atoms with Crippen LogP contribution < -0.4 is 0 Å². The van der Waals surface area contributed by atoms with E-state index in [2.05, 4.69) is 102 Å². The molecule has 2 unspecified atom stereocenters. The van der Waals surface area contributed by atoms with E-state index in [9.17, 15) is 4.79 Å². The van der Waals surface area contributed by atoms with Crippen molar-refractivity contribution >= 4 is 73.7 Å². The standard InChI is InChI=1S/C15H20I3NO/c1-5-9(3)19(10(4)6-2)15(20)12-7-11(16)8-13(17)14(12)18/h7-10H,5-6H2,1-4H3. The van der Waals surface area contributed by atoms with E-state index in [0.717, 1.165) is 29.1 Å². The topological polar surface area (TPSA) is 20.3 Å². The van der Waals surface area contributed by atoms with Gasteiger partial charge in [0.05, 0.1) is 5.56 Å². The van der Waals surface area contributed by atoms with Gasteiger partial charge in [0.2, 0.25) is 0 Å². The van der Waals surface area contributed by atoms with E-state index >= 15 is 0 Å². The van der Waals surface area contributed by atoms with Crippen LogP contribution >= 0.6 is 67.8 Å². The third kappa shape index (κ3) is 4.44. The van der Waals surface area contributed by atoms with E-state index < -0.39 is 0 Å². The number of rotatable bonds is 5. The molecule has 0 bridgehead atoms. The second-order valence-corrected chi connectivity index (χ2v) is 8.46. The molecule has 0 saturated heterocycles. The fourth-order valence-electron chi connectivity index (χ4n) is 2.08. The quantitative estimate of drug-likeness (QED) is 0.317. The number of carbonyl (C=O) groups is 1. The van der Waals surface area contributed by atoms with Crippen molar-refractivity contribution in [1.29, 1.82) is 0 Å². The number of nitrogens with zero attached hydrogens (tertiary/aromatic N) is 1. The molecule has 0 saturated carbocycles. The van der Waals surface area contributed by atoms with E-state index in [1.54, 1.807) is 0 Å². The molecule has 1 aromatic rings. The van der Waals surface area contributed by atoms with Crippen LogP contribution in [0, 0.1) is 10.7 Å². The van der Waals surface area contributed by atoms with Gasteiger partial charge in [0, 0.05) is 22.8 Å². The van der Waals surface area contributed by atoms with Crippen molar-refractivity contribution in [2.75, 3.05) is 0 Å². The molecule has 1 aromatic carbocycles. The first-order valence-corrected chi connectivity index (χ1v) is 10.0. The molecule has 0 aliphatic rings. The van der Waals surface area contributed by atoms with Gasteiger partial charge >= 0.3 is 0 Å². The van der Waals surface area contributed by atoms with Gasteiger partial charge in [-0.1, -0.05) is 13.8 Å². The predicted molar refractivity (Wildman–Crippen MR) is 110 cm³/mol. The minimum Gasteiger partial charge on any atom is -0.333 e. The molecule has 0 heterocycles. The van der Waals surface area contributed by atoms with Gasteiger partial charge in [0.15, 0.2) is 0 Å². The Labute approximate surface area is 162 Å². The van der Waals surface area contributed by atoms with Crippen molar-refractivity contribution in [1.82, 2.24) is 4.90 Å². The zero-order chi connectivity index (χ0) is 15.4. The van der Waals surface area contributed by atoms with Crippen LogP contribution in [0.3, 0.4) is 0 Å². The van der Waals surface area contributed by atoms with Crippen molar-refractivity contribution in [3.63, 3.8) is 0 Å². The lowest BCUT2D eigenvalue weighted by atomic mass is 10.1. The highest BCUT2D eigenvalue weighted by Crippen LogP contribution is 2.26. The second-order valence-electron chi connectivity index (χ2n) is 4.98. The molecule has 1 amide bonds. The van der Waals surface area contributed by atoms with E-state index in [-0.39, 0.29) is 18.0 Å². The maximum atomic E-state index is 13.0. The summed E-state index contributed by atoms with van der Waals surface area (Å²) in [6.07, 6.45) is 1.96. The van der Waals surface area contributed by atoms with Crippen LogP contribution in [-0.4, -0.2) is 22.9 Å². The van der Waals surface area contributed by atoms with Gasteiger partial charge in [0.1, 0.15) is 0 Å². The molecule has 0 N–H and O–H groups in total. The van der Waals surface area contributed by atoms with Crippen LogP contribution in [0.15, 0.2) is 12.1 Å². The van der Waals surface area contributed by atoms with Gasteiger partial charge in [-0.15, -0.1) is 0 Å². The molecule has 2 nitrogen and oxygen atoms in total. The van der Waals surface area contributed by atoms with Crippen molar-refractivity contribution in [2.24, 2.45) is 0 Å². The molecule has 0 aromatic heterocycles. The van der Waals surface area contributed by atoms with Gasteiger partial charge in [-0.25, -0.2) is 0 Å². The summed E-state index contributed by atoms with van der Waals surface area (Å²) >= 11 is 6.86. The summed E-state index contributed by atoms with van der Waals surface area (Å²) < 4.78 is 3.32. The van der Waals surface area contributed by atoms with E-state index in [1.165, 1.54) is 0 Å². The molecule has 5 heteroatoms. The first kappa shape index (κ1) is 18.9. The average Bonchev–Trinajstić information content (AvgIpc) is 2.42. The normalized spacial score (nSPS) is 13.9. The van der Waals surface area contributed by atoms with Crippen molar-refractivity contribution in [3.05, 3.63) is 28.4 Å². The number of amides is 1. The summed E-state index contributed by atoms with van der Waals surface area (Å²) in [5.74, 6) is 0.162. The molecular weight excluding hydrogens is 591 g/mol. The Kier molecular flexibility index (Phi) is 8.04. The number of hydrogen-bond donors (Lipinski definition) is 0. The predicted octanol–water partition coefficient (Wildman–Crippen LogP) is 5.54. The fourth-order valence-corrected chi connectivity index (χ4v) is 4.47. The largest absolute Gasteiger partial charge is 0.333 e. The smallest absolute Gasteiger partial charge is 0.255 e. The summed E-state index contributed by atoms with van der Waals surface area (Å²) in [6, 6.07) is 4.65. The minimum absolute atomic E-state index is 0.162. The Hall–Kier alpha value is 0.880. The van der Waals surface area contributed by atoms with Gasteiger partial charge < -0.3 is 4.90 Å². The fraction of sp³-hybridized carbons (Fsp3) is 0.533.